The molecule has 4 aromatic carbocycles. The molecule has 4 aromatic rings. The van der Waals surface area contributed by atoms with Crippen molar-refractivity contribution in [2.45, 2.75) is 12.8 Å². The van der Waals surface area contributed by atoms with Crippen molar-refractivity contribution < 1.29 is 14.3 Å². The third-order valence-electron chi connectivity index (χ3n) is 5.67. The van der Waals surface area contributed by atoms with Crippen molar-refractivity contribution in [3.63, 3.8) is 0 Å². The Bertz CT molecular complexity index is 1370. The van der Waals surface area contributed by atoms with E-state index in [-0.39, 0.29) is 17.3 Å². The molecule has 0 saturated carbocycles. The lowest BCUT2D eigenvalue weighted by atomic mass is 9.99. The van der Waals surface area contributed by atoms with E-state index in [1.54, 1.807) is 42.3 Å². The number of nitrogens with one attached hydrogen (secondary N) is 1. The lowest BCUT2D eigenvalue weighted by Gasteiger charge is -2.27. The summed E-state index contributed by atoms with van der Waals surface area (Å²) in [7, 11) is 2.92. The Morgan fingerprint density at radius 3 is 2.18 bits per heavy atom. The van der Waals surface area contributed by atoms with Gasteiger partial charge in [0.1, 0.15) is 11.4 Å². The van der Waals surface area contributed by atoms with Crippen molar-refractivity contribution in [1.29, 1.82) is 0 Å². The molecule has 0 aromatic heterocycles. The molecule has 1 N–H and O–H groups in total. The summed E-state index contributed by atoms with van der Waals surface area (Å²) in [5, 5.41) is 2.95. The van der Waals surface area contributed by atoms with Crippen molar-refractivity contribution in [3.8, 4) is 11.5 Å². The predicted octanol–water partition coefficient (Wildman–Crippen LogP) is 4.51. The number of methoxy groups -OCH3 is 2. The number of carbonyl (C=O) groups is 1. The van der Waals surface area contributed by atoms with Gasteiger partial charge in [-0.3, -0.25) is 19.3 Å². The summed E-state index contributed by atoms with van der Waals surface area (Å²) in [6, 6.07) is 23.8. The standard InChI is InChI=1S/C27H24N2O5/c1-17(18-8-5-4-6-9-18)27(32)29(20-12-14-22(33-2)15-13-20)21-11-7-10-19(16-21)28-23-24(30)25(31)26(23)34-3/h4-17,28H,1-3H3. The first-order chi connectivity index (χ1) is 16.4. The summed E-state index contributed by atoms with van der Waals surface area (Å²) in [6.07, 6.45) is 0. The summed E-state index contributed by atoms with van der Waals surface area (Å²) in [5.41, 5.74) is 1.51. The average molecular weight is 456 g/mol. The molecule has 34 heavy (non-hydrogen) atoms. The molecular weight excluding hydrogens is 432 g/mol. The Morgan fingerprint density at radius 1 is 0.824 bits per heavy atom. The second-order valence-electron chi connectivity index (χ2n) is 7.75. The quantitative estimate of drug-likeness (QED) is 0.393. The first kappa shape index (κ1) is 22.8. The smallest absolute Gasteiger partial charge is 0.272 e. The van der Waals surface area contributed by atoms with Crippen molar-refractivity contribution in [2.75, 3.05) is 24.4 Å². The van der Waals surface area contributed by atoms with Crippen molar-refractivity contribution in [1.82, 2.24) is 0 Å². The minimum Gasteiger partial charge on any atom is -0.497 e. The molecule has 0 fully saturated rings. The van der Waals surface area contributed by atoms with Gasteiger partial charge in [0, 0.05) is 11.4 Å². The molecule has 1 atom stereocenters. The number of hydrogen-bond donors (Lipinski definition) is 1. The number of anilines is 4. The topological polar surface area (TPSA) is 84.9 Å². The van der Waals surface area contributed by atoms with Crippen LogP contribution in [0.25, 0.3) is 0 Å². The molecule has 4 rings (SSSR count). The Hall–Kier alpha value is -4.39. The molecule has 1 unspecified atom stereocenters. The summed E-state index contributed by atoms with van der Waals surface area (Å²) < 4.78 is 10.3. The van der Waals surface area contributed by atoms with Gasteiger partial charge in [-0.05, 0) is 55.0 Å². The second-order valence-corrected chi connectivity index (χ2v) is 7.75. The van der Waals surface area contributed by atoms with Crippen LogP contribution < -0.4 is 30.5 Å². The van der Waals surface area contributed by atoms with Crippen LogP contribution in [0.2, 0.25) is 0 Å². The molecule has 172 valence electrons. The van der Waals surface area contributed by atoms with E-state index in [1.165, 1.54) is 7.11 Å². The van der Waals surface area contributed by atoms with Gasteiger partial charge < -0.3 is 14.8 Å². The maximum atomic E-state index is 13.7. The second kappa shape index (κ2) is 9.62. The zero-order chi connectivity index (χ0) is 24.2. The summed E-state index contributed by atoms with van der Waals surface area (Å²) in [6.45, 7) is 1.87. The van der Waals surface area contributed by atoms with Crippen LogP contribution in [-0.2, 0) is 4.79 Å². The van der Waals surface area contributed by atoms with Gasteiger partial charge in [0.2, 0.25) is 5.91 Å². The minimum atomic E-state index is -0.659. The molecule has 1 amide bonds. The van der Waals surface area contributed by atoms with Crippen molar-refractivity contribution in [2.24, 2.45) is 0 Å². The highest BCUT2D eigenvalue weighted by Gasteiger charge is 2.26. The number of amides is 1. The Balaban J connectivity index is 1.73. The number of nitrogens with zero attached hydrogens (tertiary/aromatic N) is 1. The van der Waals surface area contributed by atoms with E-state index in [9.17, 15) is 14.4 Å². The highest BCUT2D eigenvalue weighted by atomic mass is 16.5. The Labute approximate surface area is 196 Å². The van der Waals surface area contributed by atoms with E-state index in [4.69, 9.17) is 9.47 Å². The van der Waals surface area contributed by atoms with Gasteiger partial charge in [0.25, 0.3) is 10.9 Å². The van der Waals surface area contributed by atoms with Crippen LogP contribution >= 0.6 is 0 Å². The molecule has 0 spiro atoms. The molecule has 7 nitrogen and oxygen atoms in total. The number of benzene rings is 3. The molecule has 0 aliphatic rings. The van der Waals surface area contributed by atoms with Crippen molar-refractivity contribution in [3.05, 3.63) is 105 Å². The SMILES string of the molecule is COc1ccc(N(C(=O)C(C)c2ccccc2)c2cccc(Nc3c(OC)c(=O)c3=O)c2)cc1. The number of rotatable bonds is 8. The molecule has 0 aliphatic heterocycles. The van der Waals surface area contributed by atoms with Crippen LogP contribution in [0, 0.1) is 0 Å². The number of carbonyl (C=O) groups excluding carboxylic acids is 1. The first-order valence-corrected chi connectivity index (χ1v) is 10.7. The minimum absolute atomic E-state index is 0.00353. The molecule has 7 heteroatoms. The number of ether oxygens (including phenoxy) is 2. The number of hydrogen-bond acceptors (Lipinski definition) is 6. The molecular formula is C27H24N2O5. The zero-order valence-corrected chi connectivity index (χ0v) is 19.1. The maximum Gasteiger partial charge on any atom is 0.272 e. The van der Waals surface area contributed by atoms with E-state index in [2.05, 4.69) is 5.32 Å². The average Bonchev–Trinajstić information content (AvgIpc) is 2.89. The normalized spacial score (nSPS) is 11.6. The van der Waals surface area contributed by atoms with Gasteiger partial charge in [0.15, 0.2) is 5.75 Å². The fraction of sp³-hybridized carbons (Fsp3) is 0.148. The van der Waals surface area contributed by atoms with Gasteiger partial charge in [-0.2, -0.15) is 0 Å². The fourth-order valence-corrected chi connectivity index (χ4v) is 3.76. The van der Waals surface area contributed by atoms with Gasteiger partial charge >= 0.3 is 0 Å². The largest absolute Gasteiger partial charge is 0.497 e. The van der Waals surface area contributed by atoms with E-state index in [1.807, 2.05) is 55.5 Å². The maximum absolute atomic E-state index is 13.7. The highest BCUT2D eigenvalue weighted by Crippen LogP contribution is 2.33. The van der Waals surface area contributed by atoms with Crippen LogP contribution in [0.3, 0.4) is 0 Å². The Morgan fingerprint density at radius 2 is 1.53 bits per heavy atom. The Kier molecular flexibility index (Phi) is 6.45. The van der Waals surface area contributed by atoms with E-state index < -0.39 is 16.8 Å². The van der Waals surface area contributed by atoms with Crippen molar-refractivity contribution >= 4 is 28.7 Å². The summed E-state index contributed by atoms with van der Waals surface area (Å²) in [5.74, 6) is 0.139. The van der Waals surface area contributed by atoms with E-state index in [0.29, 0.717) is 22.8 Å². The van der Waals surface area contributed by atoms with E-state index in [0.717, 1.165) is 5.56 Å². The lowest BCUT2D eigenvalue weighted by molar-refractivity contribution is -0.119. The van der Waals surface area contributed by atoms with Gasteiger partial charge in [-0.1, -0.05) is 36.4 Å². The van der Waals surface area contributed by atoms with Gasteiger partial charge in [0.05, 0.1) is 25.8 Å². The third kappa shape index (κ3) is 4.28. The highest BCUT2D eigenvalue weighted by molar-refractivity contribution is 6.04. The van der Waals surface area contributed by atoms with Crippen LogP contribution in [0.4, 0.5) is 22.7 Å². The van der Waals surface area contributed by atoms with Crippen LogP contribution in [0.15, 0.2) is 88.5 Å². The van der Waals surface area contributed by atoms with Gasteiger partial charge in [-0.25, -0.2) is 0 Å². The predicted molar refractivity (Wildman–Crippen MR) is 133 cm³/mol. The fourth-order valence-electron chi connectivity index (χ4n) is 3.76. The van der Waals surface area contributed by atoms with Crippen LogP contribution in [0.5, 0.6) is 11.5 Å². The zero-order valence-electron chi connectivity index (χ0n) is 19.1. The third-order valence-corrected chi connectivity index (χ3v) is 5.67. The van der Waals surface area contributed by atoms with Crippen LogP contribution in [-0.4, -0.2) is 20.1 Å². The first-order valence-electron chi connectivity index (χ1n) is 10.7. The summed E-state index contributed by atoms with van der Waals surface area (Å²) >= 11 is 0. The monoisotopic (exact) mass is 456 g/mol. The molecule has 0 saturated heterocycles. The molecule has 0 heterocycles. The molecule has 0 radical (unpaired) electrons. The van der Waals surface area contributed by atoms with E-state index >= 15 is 0 Å². The molecule has 0 bridgehead atoms. The van der Waals surface area contributed by atoms with Gasteiger partial charge in [-0.15, -0.1) is 0 Å². The lowest BCUT2D eigenvalue weighted by Crippen LogP contribution is -2.34. The van der Waals surface area contributed by atoms with Crippen LogP contribution in [0.1, 0.15) is 18.4 Å². The summed E-state index contributed by atoms with van der Waals surface area (Å²) in [4.78, 5) is 39.0. The molecule has 0 aliphatic carbocycles.